The van der Waals surface area contributed by atoms with Gasteiger partial charge in [-0.3, -0.25) is 0 Å². The van der Waals surface area contributed by atoms with Crippen LogP contribution in [0.25, 0.3) is 0 Å². The van der Waals surface area contributed by atoms with E-state index < -0.39 is 0 Å². The molecule has 2 nitrogen and oxygen atoms in total. The highest BCUT2D eigenvalue weighted by Crippen LogP contribution is 2.07. The molecule has 2 heteroatoms. The van der Waals surface area contributed by atoms with Crippen molar-refractivity contribution in [2.45, 2.75) is 38.8 Å². The van der Waals surface area contributed by atoms with Crippen LogP contribution in [-0.2, 0) is 0 Å². The first-order valence-corrected chi connectivity index (χ1v) is 3.70. The van der Waals surface area contributed by atoms with Crippen molar-refractivity contribution >= 4 is 0 Å². The van der Waals surface area contributed by atoms with E-state index in [4.69, 9.17) is 11.5 Å². The van der Waals surface area contributed by atoms with Crippen molar-refractivity contribution < 1.29 is 0 Å². The monoisotopic (exact) mass is 142 g/mol. The second-order valence-corrected chi connectivity index (χ2v) is 3.11. The largest absolute Gasteiger partial charge is 0.328 e. The smallest absolute Gasteiger partial charge is 0.00475 e. The molecule has 0 aromatic rings. The van der Waals surface area contributed by atoms with E-state index in [1.54, 1.807) is 0 Å². The molecule has 0 heterocycles. The fourth-order valence-electron chi connectivity index (χ4n) is 0.994. The molecule has 60 valence electrons. The maximum absolute atomic E-state index is 5.57. The van der Waals surface area contributed by atoms with Gasteiger partial charge in [0.1, 0.15) is 0 Å². The normalized spacial score (nSPS) is 16.4. The molecule has 0 radical (unpaired) electrons. The molecular formula is C8H18N2. The van der Waals surface area contributed by atoms with Crippen molar-refractivity contribution in [2.75, 3.05) is 0 Å². The van der Waals surface area contributed by atoms with Crippen LogP contribution in [0, 0.1) is 0 Å². The lowest BCUT2D eigenvalue weighted by Crippen LogP contribution is -2.19. The second-order valence-electron chi connectivity index (χ2n) is 3.11. The van der Waals surface area contributed by atoms with Crippen molar-refractivity contribution in [3.63, 3.8) is 0 Å². The van der Waals surface area contributed by atoms with E-state index in [9.17, 15) is 0 Å². The molecule has 0 saturated heterocycles. The minimum absolute atomic E-state index is 0.214. The summed E-state index contributed by atoms with van der Waals surface area (Å²) in [7, 11) is 0. The van der Waals surface area contributed by atoms with Crippen molar-refractivity contribution in [3.05, 3.63) is 12.2 Å². The maximum Gasteiger partial charge on any atom is 0.00475 e. The average molecular weight is 142 g/mol. The number of nitrogens with two attached hydrogens (primary N) is 2. The van der Waals surface area contributed by atoms with Gasteiger partial charge in [0.05, 0.1) is 0 Å². The summed E-state index contributed by atoms with van der Waals surface area (Å²) in [5.74, 6) is 0. The zero-order chi connectivity index (χ0) is 8.15. The van der Waals surface area contributed by atoms with Crippen LogP contribution in [0.15, 0.2) is 12.2 Å². The molecule has 4 N–H and O–H groups in total. The second kappa shape index (κ2) is 4.47. The Hall–Kier alpha value is -0.340. The van der Waals surface area contributed by atoms with Crippen LogP contribution in [0.3, 0.4) is 0 Å². The van der Waals surface area contributed by atoms with E-state index in [2.05, 4.69) is 6.58 Å². The molecule has 0 rings (SSSR count). The molecule has 0 bridgehead atoms. The quantitative estimate of drug-likeness (QED) is 0.576. The molecule has 0 aliphatic heterocycles. The Labute approximate surface area is 63.3 Å². The molecule has 0 saturated carbocycles. The fourth-order valence-corrected chi connectivity index (χ4v) is 0.994. The Morgan fingerprint density at radius 3 is 1.70 bits per heavy atom. The predicted octanol–water partition coefficient (Wildman–Crippen LogP) is 1.02. The lowest BCUT2D eigenvalue weighted by molar-refractivity contribution is 0.659. The van der Waals surface area contributed by atoms with Crippen LogP contribution in [-0.4, -0.2) is 12.1 Å². The van der Waals surface area contributed by atoms with E-state index in [0.717, 1.165) is 18.4 Å². The highest BCUT2D eigenvalue weighted by molar-refractivity contribution is 4.98. The summed E-state index contributed by atoms with van der Waals surface area (Å²) in [5, 5.41) is 0. The zero-order valence-corrected chi connectivity index (χ0v) is 6.93. The van der Waals surface area contributed by atoms with Crippen molar-refractivity contribution in [2.24, 2.45) is 11.5 Å². The lowest BCUT2D eigenvalue weighted by atomic mass is 10.0. The number of hydrogen-bond acceptors (Lipinski definition) is 2. The molecule has 0 aliphatic rings. The zero-order valence-electron chi connectivity index (χ0n) is 6.93. The molecule has 0 fully saturated rings. The van der Waals surface area contributed by atoms with Gasteiger partial charge in [-0.2, -0.15) is 0 Å². The topological polar surface area (TPSA) is 52.0 Å². The van der Waals surface area contributed by atoms with Crippen LogP contribution in [0.5, 0.6) is 0 Å². The Bertz CT molecular complexity index is 93.8. The Morgan fingerprint density at radius 1 is 1.20 bits per heavy atom. The van der Waals surface area contributed by atoms with Crippen molar-refractivity contribution in [1.82, 2.24) is 0 Å². The number of rotatable bonds is 4. The molecule has 10 heavy (non-hydrogen) atoms. The summed E-state index contributed by atoms with van der Waals surface area (Å²) >= 11 is 0. The molecule has 0 aromatic carbocycles. The van der Waals surface area contributed by atoms with Crippen LogP contribution >= 0.6 is 0 Å². The standard InChI is InChI=1S/C8H18N2/c1-6(4-7(2)9)5-8(3)10/h7-8H,1,4-5,9-10H2,2-3H3. The Kier molecular flexibility index (Phi) is 4.32. The fraction of sp³-hybridized carbons (Fsp3) is 0.750. The van der Waals surface area contributed by atoms with Crippen LogP contribution in [0.4, 0.5) is 0 Å². The highest BCUT2D eigenvalue weighted by Gasteiger charge is 2.01. The predicted molar refractivity (Wildman–Crippen MR) is 45.7 cm³/mol. The van der Waals surface area contributed by atoms with Gasteiger partial charge in [0.15, 0.2) is 0 Å². The summed E-state index contributed by atoms with van der Waals surface area (Å²) in [5.41, 5.74) is 12.3. The first kappa shape index (κ1) is 9.66. The summed E-state index contributed by atoms with van der Waals surface area (Å²) in [6, 6.07) is 0.428. The van der Waals surface area contributed by atoms with Gasteiger partial charge in [0.2, 0.25) is 0 Å². The Balaban J connectivity index is 3.44. The molecule has 0 amide bonds. The summed E-state index contributed by atoms with van der Waals surface area (Å²) < 4.78 is 0. The molecule has 0 spiro atoms. The van der Waals surface area contributed by atoms with E-state index >= 15 is 0 Å². The van der Waals surface area contributed by atoms with Gasteiger partial charge in [-0.25, -0.2) is 0 Å². The van der Waals surface area contributed by atoms with Crippen LogP contribution in [0.1, 0.15) is 26.7 Å². The number of hydrogen-bond donors (Lipinski definition) is 2. The molecular weight excluding hydrogens is 124 g/mol. The molecule has 2 unspecified atom stereocenters. The van der Waals surface area contributed by atoms with Crippen LogP contribution in [0.2, 0.25) is 0 Å². The van der Waals surface area contributed by atoms with E-state index in [1.165, 1.54) is 0 Å². The molecule has 0 aromatic heterocycles. The minimum Gasteiger partial charge on any atom is -0.328 e. The molecule has 0 aliphatic carbocycles. The van der Waals surface area contributed by atoms with Crippen LogP contribution < -0.4 is 11.5 Å². The van der Waals surface area contributed by atoms with Gasteiger partial charge >= 0.3 is 0 Å². The Morgan fingerprint density at radius 2 is 1.50 bits per heavy atom. The van der Waals surface area contributed by atoms with Gasteiger partial charge in [-0.15, -0.1) is 0 Å². The van der Waals surface area contributed by atoms with Gasteiger partial charge in [-0.05, 0) is 26.7 Å². The van der Waals surface area contributed by atoms with Gasteiger partial charge in [-0.1, -0.05) is 12.2 Å². The third kappa shape index (κ3) is 5.79. The highest BCUT2D eigenvalue weighted by atomic mass is 14.6. The average Bonchev–Trinajstić information content (AvgIpc) is 1.58. The van der Waals surface area contributed by atoms with Crippen molar-refractivity contribution in [1.29, 1.82) is 0 Å². The third-order valence-electron chi connectivity index (χ3n) is 1.22. The lowest BCUT2D eigenvalue weighted by Gasteiger charge is -2.10. The molecule has 2 atom stereocenters. The first-order chi connectivity index (χ1) is 4.52. The summed E-state index contributed by atoms with van der Waals surface area (Å²) in [4.78, 5) is 0. The summed E-state index contributed by atoms with van der Waals surface area (Å²) in [6.45, 7) is 7.83. The van der Waals surface area contributed by atoms with Gasteiger partial charge in [0.25, 0.3) is 0 Å². The van der Waals surface area contributed by atoms with Gasteiger partial charge in [0, 0.05) is 12.1 Å². The maximum atomic E-state index is 5.57. The van der Waals surface area contributed by atoms with Gasteiger partial charge < -0.3 is 11.5 Å². The van der Waals surface area contributed by atoms with Crippen molar-refractivity contribution in [3.8, 4) is 0 Å². The third-order valence-corrected chi connectivity index (χ3v) is 1.22. The van der Waals surface area contributed by atoms with E-state index in [-0.39, 0.29) is 12.1 Å². The van der Waals surface area contributed by atoms with E-state index in [1.807, 2.05) is 13.8 Å². The first-order valence-electron chi connectivity index (χ1n) is 3.70. The van der Waals surface area contributed by atoms with E-state index in [0.29, 0.717) is 0 Å². The minimum atomic E-state index is 0.214. The SMILES string of the molecule is C=C(CC(C)N)CC(C)N. The summed E-state index contributed by atoms with van der Waals surface area (Å²) in [6.07, 6.45) is 1.78.